The summed E-state index contributed by atoms with van der Waals surface area (Å²) >= 11 is 0. The van der Waals surface area contributed by atoms with Crippen molar-refractivity contribution in [2.45, 2.75) is 37.6 Å². The summed E-state index contributed by atoms with van der Waals surface area (Å²) in [4.78, 5) is 1.84. The topological polar surface area (TPSA) is 62.2 Å². The van der Waals surface area contributed by atoms with Crippen molar-refractivity contribution >= 4 is 0 Å². The van der Waals surface area contributed by atoms with E-state index in [1.165, 1.54) is 7.11 Å². The number of rotatable bonds is 2. The fourth-order valence-corrected chi connectivity index (χ4v) is 1.93. The number of methoxy groups -OCH3 is 1. The minimum Gasteiger partial charge on any atom is -0.388 e. The van der Waals surface area contributed by atoms with Gasteiger partial charge in [-0.3, -0.25) is 0 Å². The third kappa shape index (κ3) is 2.07. The lowest BCUT2D eigenvalue weighted by Gasteiger charge is -2.43. The summed E-state index contributed by atoms with van der Waals surface area (Å²) in [6, 6.07) is -0.212. The van der Waals surface area contributed by atoms with Gasteiger partial charge in [-0.25, -0.2) is 0 Å². The Labute approximate surface area is 84.2 Å². The highest BCUT2D eigenvalue weighted by Crippen LogP contribution is 2.23. The summed E-state index contributed by atoms with van der Waals surface area (Å²) in [5.74, 6) is 0. The van der Waals surface area contributed by atoms with Gasteiger partial charge in [0.25, 0.3) is 0 Å². The molecule has 0 amide bonds. The molecule has 14 heavy (non-hydrogen) atoms. The second kappa shape index (κ2) is 4.55. The van der Waals surface area contributed by atoms with Crippen LogP contribution in [-0.2, 0) is 9.47 Å². The molecule has 5 nitrogen and oxygen atoms in total. The van der Waals surface area contributed by atoms with Gasteiger partial charge in [0, 0.05) is 7.11 Å². The van der Waals surface area contributed by atoms with Gasteiger partial charge in [-0.2, -0.15) is 0 Å². The maximum Gasteiger partial charge on any atom is 0.186 e. The van der Waals surface area contributed by atoms with E-state index in [2.05, 4.69) is 0 Å². The molecule has 0 aromatic rings. The van der Waals surface area contributed by atoms with Crippen molar-refractivity contribution in [1.29, 1.82) is 0 Å². The molecule has 1 aliphatic rings. The Morgan fingerprint density at radius 3 is 2.21 bits per heavy atom. The molecule has 1 rings (SSSR count). The molecule has 0 aromatic carbocycles. The molecule has 0 saturated carbocycles. The third-order valence-corrected chi connectivity index (χ3v) is 2.64. The van der Waals surface area contributed by atoms with Crippen LogP contribution >= 0.6 is 0 Å². The summed E-state index contributed by atoms with van der Waals surface area (Å²) in [5.41, 5.74) is 0. The average Bonchev–Trinajstić information content (AvgIpc) is 2.10. The minimum absolute atomic E-state index is 0.173. The van der Waals surface area contributed by atoms with E-state index in [4.69, 9.17) is 9.47 Å². The fourth-order valence-electron chi connectivity index (χ4n) is 1.93. The standard InChI is InChI=1S/C9H19NO4/c1-5-6(10(2)3)7(11)8(12)9(13-4)14-5/h5-9,11-12H,1-4H3/t5-,6-,7+,8-,9?/m1/s1. The molecule has 0 bridgehead atoms. The highest BCUT2D eigenvalue weighted by molar-refractivity contribution is 4.91. The highest BCUT2D eigenvalue weighted by Gasteiger charge is 2.43. The molecule has 2 N–H and O–H groups in total. The Balaban J connectivity index is 2.74. The normalized spacial score (nSPS) is 44.4. The van der Waals surface area contributed by atoms with Crippen molar-refractivity contribution in [2.24, 2.45) is 0 Å². The Morgan fingerprint density at radius 2 is 1.79 bits per heavy atom. The summed E-state index contributed by atoms with van der Waals surface area (Å²) in [6.07, 6.45) is -2.76. The van der Waals surface area contributed by atoms with Crippen LogP contribution in [0.15, 0.2) is 0 Å². The molecule has 1 heterocycles. The first-order chi connectivity index (χ1) is 6.49. The average molecular weight is 205 g/mol. The molecular weight excluding hydrogens is 186 g/mol. The van der Waals surface area contributed by atoms with Gasteiger partial charge in [-0.15, -0.1) is 0 Å². The van der Waals surface area contributed by atoms with Crippen LogP contribution in [0.4, 0.5) is 0 Å². The third-order valence-electron chi connectivity index (χ3n) is 2.64. The molecule has 1 saturated heterocycles. The number of hydrogen-bond acceptors (Lipinski definition) is 5. The van der Waals surface area contributed by atoms with E-state index in [0.29, 0.717) is 0 Å². The molecular formula is C9H19NO4. The molecule has 0 radical (unpaired) electrons. The maximum atomic E-state index is 9.83. The van der Waals surface area contributed by atoms with Crippen molar-refractivity contribution in [2.75, 3.05) is 21.2 Å². The number of aliphatic hydroxyl groups is 2. The summed E-state index contributed by atoms with van der Waals surface area (Å²) in [7, 11) is 5.13. The lowest BCUT2D eigenvalue weighted by molar-refractivity contribution is -0.273. The predicted molar refractivity (Wildman–Crippen MR) is 50.8 cm³/mol. The van der Waals surface area contributed by atoms with Crippen LogP contribution in [0.1, 0.15) is 6.92 Å². The molecule has 0 spiro atoms. The molecule has 0 aliphatic carbocycles. The summed E-state index contributed by atoms with van der Waals surface area (Å²) < 4.78 is 10.3. The van der Waals surface area contributed by atoms with Gasteiger partial charge in [0.05, 0.1) is 12.1 Å². The number of nitrogens with zero attached hydrogens (tertiary/aromatic N) is 1. The quantitative estimate of drug-likeness (QED) is 0.607. The fraction of sp³-hybridized carbons (Fsp3) is 1.00. The number of hydrogen-bond donors (Lipinski definition) is 2. The van der Waals surface area contributed by atoms with E-state index in [-0.39, 0.29) is 12.1 Å². The molecule has 1 fully saturated rings. The van der Waals surface area contributed by atoms with Crippen LogP contribution < -0.4 is 0 Å². The number of likely N-dealkylation sites (N-methyl/N-ethyl adjacent to an activating group) is 1. The van der Waals surface area contributed by atoms with Crippen molar-refractivity contribution in [3.05, 3.63) is 0 Å². The maximum absolute atomic E-state index is 9.83. The first-order valence-corrected chi connectivity index (χ1v) is 4.70. The second-order valence-corrected chi connectivity index (χ2v) is 3.88. The Hall–Kier alpha value is -0.200. The molecule has 5 atom stereocenters. The molecule has 0 aromatic heterocycles. The lowest BCUT2D eigenvalue weighted by atomic mass is 9.96. The Kier molecular flexibility index (Phi) is 3.86. The Morgan fingerprint density at radius 1 is 1.21 bits per heavy atom. The van der Waals surface area contributed by atoms with Crippen LogP contribution in [-0.4, -0.2) is 67.0 Å². The van der Waals surface area contributed by atoms with Gasteiger partial charge in [-0.1, -0.05) is 0 Å². The predicted octanol–water partition coefficient (Wildman–Crippen LogP) is -0.970. The SMILES string of the molecule is COC1O[C@H](C)[C@@H](N(C)C)[C@H](O)[C@H]1O. The Bertz CT molecular complexity index is 188. The summed E-state index contributed by atoms with van der Waals surface area (Å²) in [5, 5.41) is 19.5. The monoisotopic (exact) mass is 205 g/mol. The van der Waals surface area contributed by atoms with Crippen LogP contribution in [0.5, 0.6) is 0 Å². The molecule has 5 heteroatoms. The van der Waals surface area contributed by atoms with Gasteiger partial charge < -0.3 is 24.6 Å². The second-order valence-electron chi connectivity index (χ2n) is 3.88. The van der Waals surface area contributed by atoms with Gasteiger partial charge in [0.15, 0.2) is 6.29 Å². The van der Waals surface area contributed by atoms with Crippen LogP contribution in [0, 0.1) is 0 Å². The van der Waals surface area contributed by atoms with Crippen molar-refractivity contribution < 1.29 is 19.7 Å². The first kappa shape index (κ1) is 11.9. The minimum atomic E-state index is -0.997. The van der Waals surface area contributed by atoms with E-state index in [1.807, 2.05) is 25.9 Å². The smallest absolute Gasteiger partial charge is 0.186 e. The molecule has 84 valence electrons. The summed E-state index contributed by atoms with van der Waals surface area (Å²) in [6.45, 7) is 1.85. The zero-order valence-corrected chi connectivity index (χ0v) is 9.04. The van der Waals surface area contributed by atoms with Gasteiger partial charge in [0.1, 0.15) is 12.2 Å². The van der Waals surface area contributed by atoms with Crippen molar-refractivity contribution in [3.8, 4) is 0 Å². The van der Waals surface area contributed by atoms with Crippen molar-refractivity contribution in [3.63, 3.8) is 0 Å². The van der Waals surface area contributed by atoms with E-state index in [1.54, 1.807) is 0 Å². The van der Waals surface area contributed by atoms with Gasteiger partial charge >= 0.3 is 0 Å². The van der Waals surface area contributed by atoms with Gasteiger partial charge in [0.2, 0.25) is 0 Å². The lowest BCUT2D eigenvalue weighted by Crippen LogP contribution is -2.61. The van der Waals surface area contributed by atoms with E-state index in [0.717, 1.165) is 0 Å². The van der Waals surface area contributed by atoms with Crippen molar-refractivity contribution in [1.82, 2.24) is 4.90 Å². The number of ether oxygens (including phenoxy) is 2. The zero-order valence-electron chi connectivity index (χ0n) is 9.04. The zero-order chi connectivity index (χ0) is 10.9. The van der Waals surface area contributed by atoms with E-state index >= 15 is 0 Å². The number of aliphatic hydroxyl groups excluding tert-OH is 2. The highest BCUT2D eigenvalue weighted by atomic mass is 16.7. The first-order valence-electron chi connectivity index (χ1n) is 4.70. The molecule has 1 unspecified atom stereocenters. The van der Waals surface area contributed by atoms with Crippen LogP contribution in [0.25, 0.3) is 0 Å². The van der Waals surface area contributed by atoms with E-state index < -0.39 is 18.5 Å². The van der Waals surface area contributed by atoms with E-state index in [9.17, 15) is 10.2 Å². The van der Waals surface area contributed by atoms with Crippen LogP contribution in [0.2, 0.25) is 0 Å². The van der Waals surface area contributed by atoms with Crippen LogP contribution in [0.3, 0.4) is 0 Å². The largest absolute Gasteiger partial charge is 0.388 e. The molecule has 1 aliphatic heterocycles. The van der Waals surface area contributed by atoms with Gasteiger partial charge in [-0.05, 0) is 21.0 Å².